The van der Waals surface area contributed by atoms with Gasteiger partial charge in [-0.2, -0.15) is 8.42 Å². The lowest BCUT2D eigenvalue weighted by molar-refractivity contribution is 0.0757. The molecule has 0 aromatic heterocycles. The molecule has 0 aromatic rings. The van der Waals surface area contributed by atoms with Crippen LogP contribution >= 0.6 is 34.8 Å². The van der Waals surface area contributed by atoms with Crippen molar-refractivity contribution in [2.75, 3.05) is 19.0 Å². The molecule has 0 heterocycles. The highest BCUT2D eigenvalue weighted by atomic mass is 35.6. The Morgan fingerprint density at radius 2 is 1.63 bits per heavy atom. The summed E-state index contributed by atoms with van der Waals surface area (Å²) >= 11 is 16.2. The summed E-state index contributed by atoms with van der Waals surface area (Å²) in [5.74, 6) is -0.0568. The molecule has 0 fully saturated rings. The van der Waals surface area contributed by atoms with Gasteiger partial charge in [-0.05, 0) is 26.7 Å². The Balaban J connectivity index is 3.59. The van der Waals surface area contributed by atoms with E-state index in [0.717, 1.165) is 19.3 Å². The highest BCUT2D eigenvalue weighted by Crippen LogP contribution is 2.26. The third kappa shape index (κ3) is 15.0. The number of hydrogen-bond donors (Lipinski definition) is 0. The summed E-state index contributed by atoms with van der Waals surface area (Å²) in [7, 11) is -3.61. The van der Waals surface area contributed by atoms with E-state index in [1.165, 1.54) is 0 Å². The summed E-state index contributed by atoms with van der Waals surface area (Å²) in [5.41, 5.74) is 0. The molecule has 0 saturated carbocycles. The van der Waals surface area contributed by atoms with Gasteiger partial charge in [-0.3, -0.25) is 4.18 Å². The van der Waals surface area contributed by atoms with Crippen LogP contribution in [0.15, 0.2) is 0 Å². The van der Waals surface area contributed by atoms with Crippen LogP contribution in [0, 0.1) is 0 Å². The standard InChI is InChI=1S/C11H21Cl3O4S/c1-10(2)17-7-5-3-4-6-8-19(15,16)18-9-11(12,13)14/h10H,3-9H2,1-2H3. The van der Waals surface area contributed by atoms with E-state index in [1.807, 2.05) is 13.8 Å². The molecular weight excluding hydrogens is 335 g/mol. The van der Waals surface area contributed by atoms with Crippen LogP contribution in [0.3, 0.4) is 0 Å². The van der Waals surface area contributed by atoms with Gasteiger partial charge in [0.15, 0.2) is 0 Å². The molecule has 8 heteroatoms. The summed E-state index contributed by atoms with van der Waals surface area (Å²) in [6.07, 6.45) is 3.41. The molecule has 116 valence electrons. The summed E-state index contributed by atoms with van der Waals surface area (Å²) < 4.78 is 31.1. The SMILES string of the molecule is CC(C)OCCCCCCS(=O)(=O)OCC(Cl)(Cl)Cl. The maximum absolute atomic E-state index is 11.4. The van der Waals surface area contributed by atoms with Crippen LogP contribution < -0.4 is 0 Å². The highest BCUT2D eigenvalue weighted by Gasteiger charge is 2.24. The molecule has 0 aliphatic rings. The molecule has 0 unspecified atom stereocenters. The maximum Gasteiger partial charge on any atom is 0.267 e. The van der Waals surface area contributed by atoms with Gasteiger partial charge >= 0.3 is 0 Å². The van der Waals surface area contributed by atoms with E-state index in [0.29, 0.717) is 13.0 Å². The third-order valence-corrected chi connectivity index (χ3v) is 3.73. The second kappa shape index (κ2) is 9.64. The molecule has 0 amide bonds. The van der Waals surface area contributed by atoms with Crippen molar-refractivity contribution in [2.45, 2.75) is 49.4 Å². The van der Waals surface area contributed by atoms with Crippen molar-refractivity contribution in [3.8, 4) is 0 Å². The Morgan fingerprint density at radius 3 is 2.16 bits per heavy atom. The first-order valence-corrected chi connectivity index (χ1v) is 8.89. The van der Waals surface area contributed by atoms with E-state index >= 15 is 0 Å². The molecule has 0 spiro atoms. The van der Waals surface area contributed by atoms with E-state index in [4.69, 9.17) is 39.5 Å². The molecule has 0 rings (SSSR count). The lowest BCUT2D eigenvalue weighted by atomic mass is 10.2. The molecule has 0 aliphatic carbocycles. The molecular formula is C11H21Cl3O4S. The Morgan fingerprint density at radius 1 is 1.05 bits per heavy atom. The molecule has 0 radical (unpaired) electrons. The molecule has 0 saturated heterocycles. The van der Waals surface area contributed by atoms with Crippen molar-refractivity contribution in [3.63, 3.8) is 0 Å². The van der Waals surface area contributed by atoms with Crippen LogP contribution in [0.1, 0.15) is 39.5 Å². The predicted molar refractivity (Wildman–Crippen MR) is 79.6 cm³/mol. The van der Waals surface area contributed by atoms with Gasteiger partial charge in [-0.15, -0.1) is 0 Å². The monoisotopic (exact) mass is 354 g/mol. The van der Waals surface area contributed by atoms with Crippen molar-refractivity contribution in [1.82, 2.24) is 0 Å². The second-order valence-corrected chi connectivity index (χ2v) is 8.75. The Kier molecular flexibility index (Phi) is 10.0. The third-order valence-electron chi connectivity index (χ3n) is 2.14. The summed E-state index contributed by atoms with van der Waals surface area (Å²) in [6.45, 7) is 4.21. The van der Waals surface area contributed by atoms with Crippen LogP contribution in [0.25, 0.3) is 0 Å². The van der Waals surface area contributed by atoms with Gasteiger partial charge in [0.25, 0.3) is 10.1 Å². The molecule has 0 N–H and O–H groups in total. The van der Waals surface area contributed by atoms with Crippen molar-refractivity contribution in [1.29, 1.82) is 0 Å². The zero-order valence-electron chi connectivity index (χ0n) is 11.2. The van der Waals surface area contributed by atoms with Gasteiger partial charge in [0.05, 0.1) is 11.9 Å². The number of halogens is 3. The lowest BCUT2D eigenvalue weighted by Crippen LogP contribution is -2.19. The largest absolute Gasteiger partial charge is 0.379 e. The predicted octanol–water partition coefficient (Wildman–Crippen LogP) is 3.69. The average Bonchev–Trinajstić information content (AvgIpc) is 2.24. The molecule has 0 bridgehead atoms. The molecule has 19 heavy (non-hydrogen) atoms. The minimum absolute atomic E-state index is 0.0568. The minimum Gasteiger partial charge on any atom is -0.379 e. The van der Waals surface area contributed by atoms with E-state index < -0.39 is 20.5 Å². The summed E-state index contributed by atoms with van der Waals surface area (Å²) in [6, 6.07) is 0. The van der Waals surface area contributed by atoms with Crippen LogP contribution in [0.2, 0.25) is 0 Å². The molecule has 0 aliphatic heterocycles. The van der Waals surface area contributed by atoms with E-state index in [-0.39, 0.29) is 11.9 Å². The smallest absolute Gasteiger partial charge is 0.267 e. The fourth-order valence-electron chi connectivity index (χ4n) is 1.27. The van der Waals surface area contributed by atoms with Gasteiger partial charge in [0.1, 0.15) is 6.61 Å². The van der Waals surface area contributed by atoms with Crippen molar-refractivity contribution >= 4 is 44.9 Å². The van der Waals surface area contributed by atoms with E-state index in [9.17, 15) is 8.42 Å². The second-order valence-electron chi connectivity index (χ2n) is 4.47. The fourth-order valence-corrected chi connectivity index (χ4v) is 2.66. The summed E-state index contributed by atoms with van der Waals surface area (Å²) in [5, 5.41) is 0. The highest BCUT2D eigenvalue weighted by molar-refractivity contribution is 7.86. The molecule has 0 aromatic carbocycles. The van der Waals surface area contributed by atoms with Crippen LogP contribution in [0.4, 0.5) is 0 Å². The average molecular weight is 356 g/mol. The molecule has 0 atom stereocenters. The quantitative estimate of drug-likeness (QED) is 0.341. The number of hydrogen-bond acceptors (Lipinski definition) is 4. The maximum atomic E-state index is 11.4. The Labute approximate surface area is 130 Å². The minimum atomic E-state index is -3.61. The Bertz CT molecular complexity index is 325. The fraction of sp³-hybridized carbons (Fsp3) is 1.00. The number of rotatable bonds is 10. The van der Waals surface area contributed by atoms with Gasteiger partial charge in [-0.1, -0.05) is 47.6 Å². The first-order valence-electron chi connectivity index (χ1n) is 6.18. The van der Waals surface area contributed by atoms with Gasteiger partial charge in [0.2, 0.25) is 3.79 Å². The first-order chi connectivity index (χ1) is 8.62. The first kappa shape index (κ1) is 19.7. The van der Waals surface area contributed by atoms with Gasteiger partial charge < -0.3 is 4.74 Å². The number of alkyl halides is 3. The topological polar surface area (TPSA) is 52.6 Å². The van der Waals surface area contributed by atoms with E-state index in [2.05, 4.69) is 4.18 Å². The van der Waals surface area contributed by atoms with Crippen LogP contribution in [-0.4, -0.2) is 37.3 Å². The van der Waals surface area contributed by atoms with Gasteiger partial charge in [0, 0.05) is 6.61 Å². The van der Waals surface area contributed by atoms with Gasteiger partial charge in [-0.25, -0.2) is 0 Å². The van der Waals surface area contributed by atoms with Crippen molar-refractivity contribution in [2.24, 2.45) is 0 Å². The Hall–Kier alpha value is 0.740. The zero-order chi connectivity index (χ0) is 14.9. The number of unbranched alkanes of at least 4 members (excludes halogenated alkanes) is 3. The van der Waals surface area contributed by atoms with Crippen LogP contribution in [0.5, 0.6) is 0 Å². The van der Waals surface area contributed by atoms with Crippen molar-refractivity contribution < 1.29 is 17.3 Å². The van der Waals surface area contributed by atoms with Crippen LogP contribution in [-0.2, 0) is 19.0 Å². The van der Waals surface area contributed by atoms with Crippen molar-refractivity contribution in [3.05, 3.63) is 0 Å². The molecule has 4 nitrogen and oxygen atoms in total. The zero-order valence-corrected chi connectivity index (χ0v) is 14.3. The summed E-state index contributed by atoms with van der Waals surface area (Å²) in [4.78, 5) is 0. The number of ether oxygens (including phenoxy) is 1. The van der Waals surface area contributed by atoms with E-state index in [1.54, 1.807) is 0 Å². The normalized spacial score (nSPS) is 13.2. The lowest BCUT2D eigenvalue weighted by Gasteiger charge is -2.11.